The number of hydrogen-bond donors (Lipinski definition) is 0. The van der Waals surface area contributed by atoms with Crippen LogP contribution >= 0.6 is 35.7 Å². The summed E-state index contributed by atoms with van der Waals surface area (Å²) in [6, 6.07) is 4.25. The number of ether oxygens (including phenoxy) is 3. The number of nitrogens with zero attached hydrogens (tertiary/aromatic N) is 1. The van der Waals surface area contributed by atoms with Crippen LogP contribution in [0.25, 0.3) is 0 Å². The fourth-order valence-corrected chi connectivity index (χ4v) is 18.1. The van der Waals surface area contributed by atoms with E-state index in [9.17, 15) is 19.6 Å². The van der Waals surface area contributed by atoms with E-state index >= 15 is 0 Å². The van der Waals surface area contributed by atoms with Crippen LogP contribution in [-0.4, -0.2) is 69.9 Å². The quantitative estimate of drug-likeness (QED) is 0.0161. The minimum Gasteiger partial charge on any atom is -0.469 e. The molecule has 318 valence electrons. The number of unbranched alkanes of at least 4 members (excludes halogenated alkanes) is 10. The summed E-state index contributed by atoms with van der Waals surface area (Å²) in [4.78, 5) is 40.7. The Kier molecular flexibility index (Phi) is 28.5. The molecule has 0 fully saturated rings. The smallest absolute Gasteiger partial charge is 0.313 e. The van der Waals surface area contributed by atoms with E-state index < -0.39 is 57.2 Å². The highest BCUT2D eigenvalue weighted by atomic mass is 32.2. The monoisotopic (exact) mass is 859 g/mol. The third kappa shape index (κ3) is 23.1. The molecule has 3 unspecified atom stereocenters. The first-order valence-electron chi connectivity index (χ1n) is 20.8. The number of carbonyl (C=O) groups excluding carboxylic acids is 3. The molecule has 0 saturated heterocycles. The molecular formula is C42H77NO7S3Si2. The number of thiocarbonyl (C=S) groups is 1. The second kappa shape index (κ2) is 29.1. The van der Waals surface area contributed by atoms with Crippen molar-refractivity contribution in [3.05, 3.63) is 12.7 Å². The summed E-state index contributed by atoms with van der Waals surface area (Å²) >= 11 is 8.81. The number of thioether (sulfide) groups is 2. The number of rotatable bonds is 32. The molecule has 0 N–H and O–H groups in total. The molecule has 0 rings (SSSR count). The molecule has 0 spiro atoms. The summed E-state index contributed by atoms with van der Waals surface area (Å²) in [5, 5.41) is 10.1. The number of carbonyl (C=O) groups is 3. The van der Waals surface area contributed by atoms with Crippen molar-refractivity contribution in [2.24, 2.45) is 22.7 Å². The highest BCUT2D eigenvalue weighted by Crippen LogP contribution is 2.46. The molecular weight excluding hydrogens is 783 g/mol. The van der Waals surface area contributed by atoms with Gasteiger partial charge in [-0.15, -0.1) is 23.5 Å². The van der Waals surface area contributed by atoms with Crippen molar-refractivity contribution < 1.29 is 32.7 Å². The summed E-state index contributed by atoms with van der Waals surface area (Å²) in [5.74, 6) is -1.92. The van der Waals surface area contributed by atoms with Gasteiger partial charge in [0.25, 0.3) is 0 Å². The molecule has 3 atom stereocenters. The Bertz CT molecular complexity index is 1190. The SMILES string of the molecule is C=CCOC(=O)C(CC(CSC(=S)SCCCCCCCCCCCC)C(=O)OCCC[Si](C)(C)O[Si](C)(C)CCCC)CC(C)(C(=O)OC)C(C)(C)C#N. The molecule has 55 heavy (non-hydrogen) atoms. The molecule has 0 radical (unpaired) electrons. The fraction of sp³-hybridized carbons (Fsp3) is 0.833. The van der Waals surface area contributed by atoms with Crippen molar-refractivity contribution in [3.63, 3.8) is 0 Å². The van der Waals surface area contributed by atoms with Gasteiger partial charge in [0.15, 0.2) is 16.6 Å². The van der Waals surface area contributed by atoms with Crippen LogP contribution in [-0.2, 0) is 32.7 Å². The van der Waals surface area contributed by atoms with Crippen LogP contribution in [0, 0.1) is 34.0 Å². The van der Waals surface area contributed by atoms with Crippen LogP contribution in [0.3, 0.4) is 0 Å². The predicted molar refractivity (Wildman–Crippen MR) is 242 cm³/mol. The Hall–Kier alpha value is -1.18. The average molecular weight is 860 g/mol. The molecule has 0 aliphatic heterocycles. The highest BCUT2D eigenvalue weighted by molar-refractivity contribution is 8.47. The normalized spacial score (nSPS) is 14.3. The zero-order chi connectivity index (χ0) is 42.0. The maximum Gasteiger partial charge on any atom is 0.313 e. The molecule has 0 aromatic rings. The minimum absolute atomic E-state index is 0.0185. The Morgan fingerprint density at radius 1 is 0.800 bits per heavy atom. The number of esters is 3. The van der Waals surface area contributed by atoms with Crippen molar-refractivity contribution in [2.45, 2.75) is 169 Å². The second-order valence-electron chi connectivity index (χ2n) is 16.9. The Labute approximate surface area is 352 Å². The molecule has 13 heteroatoms. The summed E-state index contributed by atoms with van der Waals surface area (Å²) in [6.07, 6.45) is 17.3. The Balaban J connectivity index is 5.81. The maximum absolute atomic E-state index is 13.9. The van der Waals surface area contributed by atoms with Crippen LogP contribution in [0.2, 0.25) is 38.3 Å². The van der Waals surface area contributed by atoms with Crippen LogP contribution in [0.15, 0.2) is 12.7 Å². The maximum atomic E-state index is 13.9. The number of hydrogen-bond acceptors (Lipinski definition) is 11. The average Bonchev–Trinajstić information content (AvgIpc) is 3.13. The third-order valence-corrected chi connectivity index (χ3v) is 21.0. The minimum atomic E-state index is -1.96. The van der Waals surface area contributed by atoms with Gasteiger partial charge < -0.3 is 18.3 Å². The lowest BCUT2D eigenvalue weighted by atomic mass is 9.62. The van der Waals surface area contributed by atoms with Crippen LogP contribution in [0.5, 0.6) is 0 Å². The molecule has 0 saturated carbocycles. The second-order valence-corrected chi connectivity index (χ2v) is 29.1. The van der Waals surface area contributed by atoms with Crippen LogP contribution < -0.4 is 0 Å². The van der Waals surface area contributed by atoms with E-state index in [1.807, 2.05) is 0 Å². The van der Waals surface area contributed by atoms with Gasteiger partial charge in [0, 0.05) is 5.75 Å². The van der Waals surface area contributed by atoms with E-state index in [0.29, 0.717) is 12.2 Å². The standard InChI is InChI=1S/C42H77NO7S3Si2/c1-12-15-17-18-19-20-21-22-23-24-28-52-40(51)53-33-36(38(45)49-27-25-30-55(10,11)50-54(8,9)29-16-13-2)31-35(37(44)48-26-14-3)32-42(6,39(46)47-7)41(4,5)34-43/h14,35-36H,3,12-13,15-33H2,1-2,4-11H3. The fourth-order valence-electron chi connectivity index (χ4n) is 6.73. The molecule has 0 bridgehead atoms. The lowest BCUT2D eigenvalue weighted by Gasteiger charge is -2.39. The van der Waals surface area contributed by atoms with Gasteiger partial charge in [0.05, 0.1) is 42.5 Å². The highest BCUT2D eigenvalue weighted by Gasteiger charge is 2.51. The van der Waals surface area contributed by atoms with Gasteiger partial charge in [0.2, 0.25) is 0 Å². The number of methoxy groups -OCH3 is 1. The molecule has 0 aromatic carbocycles. The van der Waals surface area contributed by atoms with Crippen molar-refractivity contribution in [1.82, 2.24) is 0 Å². The summed E-state index contributed by atoms with van der Waals surface area (Å²) in [5.41, 5.74) is -2.54. The third-order valence-electron chi connectivity index (χ3n) is 10.5. The van der Waals surface area contributed by atoms with E-state index in [1.54, 1.807) is 32.5 Å². The van der Waals surface area contributed by atoms with Gasteiger partial charge in [-0.1, -0.05) is 109 Å². The number of nitriles is 1. The zero-order valence-electron chi connectivity index (χ0n) is 36.3. The Morgan fingerprint density at radius 2 is 1.33 bits per heavy atom. The lowest BCUT2D eigenvalue weighted by Crippen LogP contribution is -2.45. The van der Waals surface area contributed by atoms with Crippen molar-refractivity contribution in [3.8, 4) is 6.07 Å². The van der Waals surface area contributed by atoms with E-state index in [4.69, 9.17) is 30.5 Å². The molecule has 0 aromatic heterocycles. The van der Waals surface area contributed by atoms with Gasteiger partial charge >= 0.3 is 17.9 Å². The lowest BCUT2D eigenvalue weighted by molar-refractivity contribution is -0.162. The van der Waals surface area contributed by atoms with Gasteiger partial charge in [-0.25, -0.2) is 0 Å². The van der Waals surface area contributed by atoms with Crippen LogP contribution in [0.1, 0.15) is 131 Å². The van der Waals surface area contributed by atoms with E-state index in [1.165, 1.54) is 89.2 Å². The van der Waals surface area contributed by atoms with Crippen molar-refractivity contribution >= 4 is 73.8 Å². The molecule has 8 nitrogen and oxygen atoms in total. The largest absolute Gasteiger partial charge is 0.469 e. The first-order chi connectivity index (χ1) is 25.8. The molecule has 0 heterocycles. The molecule has 0 aliphatic rings. The molecule has 0 amide bonds. The van der Waals surface area contributed by atoms with E-state index in [0.717, 1.165) is 34.2 Å². The van der Waals surface area contributed by atoms with Gasteiger partial charge in [0.1, 0.15) is 10.1 Å². The van der Waals surface area contributed by atoms with Crippen molar-refractivity contribution in [1.29, 1.82) is 5.26 Å². The summed E-state index contributed by atoms with van der Waals surface area (Å²) < 4.78 is 24.1. The first kappa shape index (κ1) is 53.8. The van der Waals surface area contributed by atoms with E-state index in [2.05, 4.69) is 52.7 Å². The molecule has 0 aliphatic carbocycles. The predicted octanol–water partition coefficient (Wildman–Crippen LogP) is 12.3. The summed E-state index contributed by atoms with van der Waals surface area (Å²) in [7, 11) is -2.45. The van der Waals surface area contributed by atoms with Crippen LogP contribution in [0.4, 0.5) is 0 Å². The van der Waals surface area contributed by atoms with E-state index in [-0.39, 0.29) is 26.1 Å². The van der Waals surface area contributed by atoms with Crippen molar-refractivity contribution in [2.75, 3.05) is 31.8 Å². The topological polar surface area (TPSA) is 112 Å². The van der Waals surface area contributed by atoms with Gasteiger partial charge in [-0.2, -0.15) is 5.26 Å². The van der Waals surface area contributed by atoms with Gasteiger partial charge in [-0.05, 0) is 90.5 Å². The first-order valence-corrected chi connectivity index (χ1v) is 29.4. The van der Waals surface area contributed by atoms with Gasteiger partial charge in [-0.3, -0.25) is 14.4 Å². The Morgan fingerprint density at radius 3 is 1.85 bits per heavy atom. The summed E-state index contributed by atoms with van der Waals surface area (Å²) in [6.45, 7) is 22.4. The zero-order valence-corrected chi connectivity index (χ0v) is 40.8.